The molecular formula is C19H28N2O. The molecule has 3 rings (SSSR count). The standard InChI is InChI=1S/C19H28N2O/c1-5-21(6-2)13-12-19(3)18-16(11-14-22-19)15-9-7-8-10-17(15)20(18)4/h7-10H,5-6,11-14H2,1-4H3. The van der Waals surface area contributed by atoms with Gasteiger partial charge in [-0.2, -0.15) is 0 Å². The van der Waals surface area contributed by atoms with Gasteiger partial charge in [0, 0.05) is 24.5 Å². The van der Waals surface area contributed by atoms with Crippen LogP contribution in [-0.4, -0.2) is 35.7 Å². The monoisotopic (exact) mass is 300 g/mol. The van der Waals surface area contributed by atoms with E-state index < -0.39 is 0 Å². The van der Waals surface area contributed by atoms with Crippen molar-refractivity contribution in [3.63, 3.8) is 0 Å². The molecule has 2 aromatic rings. The molecule has 0 amide bonds. The quantitative estimate of drug-likeness (QED) is 0.838. The van der Waals surface area contributed by atoms with E-state index in [0.29, 0.717) is 0 Å². The van der Waals surface area contributed by atoms with Crippen molar-refractivity contribution in [2.45, 2.75) is 39.2 Å². The lowest BCUT2D eigenvalue weighted by atomic mass is 9.89. The first-order valence-electron chi connectivity index (χ1n) is 8.53. The summed E-state index contributed by atoms with van der Waals surface area (Å²) in [7, 11) is 2.19. The molecule has 3 heteroatoms. The molecule has 0 saturated carbocycles. The molecule has 3 nitrogen and oxygen atoms in total. The zero-order chi connectivity index (χ0) is 15.7. The largest absolute Gasteiger partial charge is 0.369 e. The Labute approximate surface area is 133 Å². The van der Waals surface area contributed by atoms with E-state index in [1.807, 2.05) is 0 Å². The molecule has 1 aromatic heterocycles. The molecule has 0 saturated heterocycles. The highest BCUT2D eigenvalue weighted by Crippen LogP contribution is 2.40. The second-order valence-electron chi connectivity index (χ2n) is 6.51. The van der Waals surface area contributed by atoms with Crippen LogP contribution in [0, 0.1) is 0 Å². The van der Waals surface area contributed by atoms with Gasteiger partial charge in [0.1, 0.15) is 5.60 Å². The van der Waals surface area contributed by atoms with Gasteiger partial charge in [0.15, 0.2) is 0 Å². The maximum atomic E-state index is 6.29. The fourth-order valence-electron chi connectivity index (χ4n) is 3.95. The lowest BCUT2D eigenvalue weighted by molar-refractivity contribution is -0.0613. The Hall–Kier alpha value is -1.32. The van der Waals surface area contributed by atoms with Gasteiger partial charge in [0.2, 0.25) is 0 Å². The molecule has 22 heavy (non-hydrogen) atoms. The molecule has 1 atom stereocenters. The third-order valence-corrected chi connectivity index (χ3v) is 5.28. The normalized spacial score (nSPS) is 21.5. The van der Waals surface area contributed by atoms with Gasteiger partial charge in [-0.05, 0) is 44.5 Å². The third kappa shape index (κ3) is 2.46. The van der Waals surface area contributed by atoms with Gasteiger partial charge >= 0.3 is 0 Å². The Morgan fingerprint density at radius 3 is 2.68 bits per heavy atom. The van der Waals surface area contributed by atoms with E-state index in [9.17, 15) is 0 Å². The predicted octanol–water partition coefficient (Wildman–Crippen LogP) is 3.70. The maximum Gasteiger partial charge on any atom is 0.107 e. The molecule has 1 unspecified atom stereocenters. The number of rotatable bonds is 5. The van der Waals surface area contributed by atoms with Gasteiger partial charge in [-0.15, -0.1) is 0 Å². The van der Waals surface area contributed by atoms with Gasteiger partial charge in [-0.1, -0.05) is 32.0 Å². The molecule has 1 aliphatic heterocycles. The van der Waals surface area contributed by atoms with Crippen molar-refractivity contribution >= 4 is 10.9 Å². The number of aromatic nitrogens is 1. The first kappa shape index (κ1) is 15.6. The Morgan fingerprint density at radius 2 is 1.95 bits per heavy atom. The third-order valence-electron chi connectivity index (χ3n) is 5.28. The predicted molar refractivity (Wildman–Crippen MR) is 92.3 cm³/mol. The van der Waals surface area contributed by atoms with Crippen LogP contribution in [0.15, 0.2) is 24.3 Å². The topological polar surface area (TPSA) is 17.4 Å². The van der Waals surface area contributed by atoms with Crippen LogP contribution in [0.3, 0.4) is 0 Å². The van der Waals surface area contributed by atoms with Gasteiger partial charge in [0.25, 0.3) is 0 Å². The number of aryl methyl sites for hydroxylation is 1. The highest BCUT2D eigenvalue weighted by Gasteiger charge is 2.37. The Morgan fingerprint density at radius 1 is 1.23 bits per heavy atom. The number of fused-ring (bicyclic) bond motifs is 3. The SMILES string of the molecule is CCN(CC)CCC1(C)OCCc2c1n(C)c1ccccc21. The smallest absolute Gasteiger partial charge is 0.107 e. The summed E-state index contributed by atoms with van der Waals surface area (Å²) in [4.78, 5) is 2.48. The molecule has 0 aliphatic carbocycles. The van der Waals surface area contributed by atoms with Crippen molar-refractivity contribution in [2.75, 3.05) is 26.2 Å². The molecule has 2 heterocycles. The van der Waals surface area contributed by atoms with Gasteiger partial charge in [0.05, 0.1) is 12.3 Å². The average Bonchev–Trinajstić information content (AvgIpc) is 2.83. The molecular weight excluding hydrogens is 272 g/mol. The minimum atomic E-state index is -0.177. The summed E-state index contributed by atoms with van der Waals surface area (Å²) in [5, 5.41) is 1.40. The van der Waals surface area contributed by atoms with E-state index in [0.717, 1.165) is 39.1 Å². The molecule has 1 aliphatic rings. The summed E-state index contributed by atoms with van der Waals surface area (Å²) < 4.78 is 8.65. The highest BCUT2D eigenvalue weighted by atomic mass is 16.5. The van der Waals surface area contributed by atoms with Crippen molar-refractivity contribution in [2.24, 2.45) is 7.05 Å². The van der Waals surface area contributed by atoms with Crippen molar-refractivity contribution in [3.05, 3.63) is 35.5 Å². The van der Waals surface area contributed by atoms with E-state index in [-0.39, 0.29) is 5.60 Å². The summed E-state index contributed by atoms with van der Waals surface area (Å²) in [6.45, 7) is 10.9. The number of benzene rings is 1. The minimum absolute atomic E-state index is 0.177. The van der Waals surface area contributed by atoms with Crippen LogP contribution in [-0.2, 0) is 23.8 Å². The first-order valence-corrected chi connectivity index (χ1v) is 8.53. The van der Waals surface area contributed by atoms with E-state index in [2.05, 4.69) is 61.6 Å². The van der Waals surface area contributed by atoms with Crippen LogP contribution in [0.25, 0.3) is 10.9 Å². The highest BCUT2D eigenvalue weighted by molar-refractivity contribution is 5.86. The van der Waals surface area contributed by atoms with Gasteiger partial charge in [-0.3, -0.25) is 0 Å². The summed E-state index contributed by atoms with van der Waals surface area (Å²) in [6, 6.07) is 8.75. The molecule has 0 bridgehead atoms. The molecule has 120 valence electrons. The van der Waals surface area contributed by atoms with E-state index in [1.54, 1.807) is 0 Å². The van der Waals surface area contributed by atoms with Gasteiger partial charge < -0.3 is 14.2 Å². The molecule has 0 N–H and O–H groups in total. The summed E-state index contributed by atoms with van der Waals surface area (Å²) in [6.07, 6.45) is 2.07. The second-order valence-corrected chi connectivity index (χ2v) is 6.51. The number of para-hydroxylation sites is 1. The summed E-state index contributed by atoms with van der Waals surface area (Å²) in [5.74, 6) is 0. The van der Waals surface area contributed by atoms with Crippen molar-refractivity contribution < 1.29 is 4.74 Å². The zero-order valence-electron chi connectivity index (χ0n) is 14.4. The lowest BCUT2D eigenvalue weighted by Gasteiger charge is -2.37. The van der Waals surface area contributed by atoms with Gasteiger partial charge in [-0.25, -0.2) is 0 Å². The lowest BCUT2D eigenvalue weighted by Crippen LogP contribution is -2.38. The molecule has 0 spiro atoms. The Bertz CT molecular complexity index is 657. The van der Waals surface area contributed by atoms with E-state index in [4.69, 9.17) is 4.74 Å². The molecule has 0 fully saturated rings. The summed E-state index contributed by atoms with van der Waals surface area (Å²) in [5.41, 5.74) is 4.02. The van der Waals surface area contributed by atoms with E-state index in [1.165, 1.54) is 22.2 Å². The van der Waals surface area contributed by atoms with E-state index >= 15 is 0 Å². The fraction of sp³-hybridized carbons (Fsp3) is 0.579. The fourth-order valence-corrected chi connectivity index (χ4v) is 3.95. The molecule has 1 aromatic carbocycles. The van der Waals surface area contributed by atoms with Crippen LogP contribution < -0.4 is 0 Å². The number of nitrogens with zero attached hydrogens (tertiary/aromatic N) is 2. The Kier molecular flexibility index (Phi) is 4.28. The van der Waals surface area contributed by atoms with Crippen LogP contribution in [0.1, 0.15) is 38.4 Å². The average molecular weight is 300 g/mol. The summed E-state index contributed by atoms with van der Waals surface area (Å²) >= 11 is 0. The number of hydrogen-bond acceptors (Lipinski definition) is 2. The van der Waals surface area contributed by atoms with Crippen molar-refractivity contribution in [3.8, 4) is 0 Å². The van der Waals surface area contributed by atoms with Crippen molar-refractivity contribution in [1.82, 2.24) is 9.47 Å². The van der Waals surface area contributed by atoms with Crippen LogP contribution in [0.5, 0.6) is 0 Å². The first-order chi connectivity index (χ1) is 10.6. The van der Waals surface area contributed by atoms with Crippen molar-refractivity contribution in [1.29, 1.82) is 0 Å². The van der Waals surface area contributed by atoms with Crippen LogP contribution >= 0.6 is 0 Å². The minimum Gasteiger partial charge on any atom is -0.369 e. The number of hydrogen-bond donors (Lipinski definition) is 0. The van der Waals surface area contributed by atoms with Crippen LogP contribution in [0.2, 0.25) is 0 Å². The zero-order valence-corrected chi connectivity index (χ0v) is 14.4. The Balaban J connectivity index is 2.00. The number of ether oxygens (including phenoxy) is 1. The van der Waals surface area contributed by atoms with Crippen LogP contribution in [0.4, 0.5) is 0 Å². The maximum absolute atomic E-state index is 6.29. The second kappa shape index (κ2) is 6.05. The molecule has 0 radical (unpaired) electrons.